The monoisotopic (exact) mass is 431 g/mol. The third-order valence-corrected chi connectivity index (χ3v) is 6.69. The van der Waals surface area contributed by atoms with Crippen molar-refractivity contribution in [2.75, 3.05) is 19.7 Å². The molecule has 3 heterocycles. The van der Waals surface area contributed by atoms with E-state index in [9.17, 15) is 4.79 Å². The van der Waals surface area contributed by atoms with Crippen molar-refractivity contribution < 1.29 is 14.4 Å². The number of piperidine rings is 1. The molecule has 1 aromatic heterocycles. The normalized spacial score (nSPS) is 17.1. The Morgan fingerprint density at radius 1 is 1.09 bits per heavy atom. The van der Waals surface area contributed by atoms with E-state index in [1.807, 2.05) is 20.0 Å². The molecule has 2 aliphatic rings. The molecule has 0 atom stereocenters. The summed E-state index contributed by atoms with van der Waals surface area (Å²) in [5.41, 5.74) is 7.02. The number of likely N-dealkylation sites (tertiary alicyclic amines) is 1. The number of hydrogen-bond donors (Lipinski definition) is 1. The van der Waals surface area contributed by atoms with Crippen LogP contribution in [0.1, 0.15) is 37.4 Å². The first-order chi connectivity index (χ1) is 15.5. The number of aromatic nitrogens is 1. The van der Waals surface area contributed by atoms with Crippen LogP contribution >= 0.6 is 0 Å². The molecule has 0 unspecified atom stereocenters. The number of hydroxylamine groups is 1. The Bertz CT molecular complexity index is 1150. The number of hydrogen-bond acceptors (Lipinski definition) is 4. The quantitative estimate of drug-likeness (QED) is 0.591. The molecule has 6 heteroatoms. The molecule has 2 aromatic carbocycles. The maximum absolute atomic E-state index is 12.1. The summed E-state index contributed by atoms with van der Waals surface area (Å²) >= 11 is 0. The minimum atomic E-state index is -0.176. The highest BCUT2D eigenvalue weighted by atomic mass is 16.7. The Hall–Kier alpha value is -3.12. The molecule has 0 bridgehead atoms. The van der Waals surface area contributed by atoms with Gasteiger partial charge < -0.3 is 9.64 Å². The van der Waals surface area contributed by atoms with Gasteiger partial charge in [0, 0.05) is 43.2 Å². The molecule has 2 aliphatic heterocycles. The smallest absolute Gasteiger partial charge is 0.341 e. The van der Waals surface area contributed by atoms with Gasteiger partial charge in [-0.2, -0.15) is 0 Å². The van der Waals surface area contributed by atoms with Gasteiger partial charge in [-0.1, -0.05) is 18.2 Å². The summed E-state index contributed by atoms with van der Waals surface area (Å²) in [5, 5.41) is 2.37. The summed E-state index contributed by atoms with van der Waals surface area (Å²) in [4.78, 5) is 23.4. The molecule has 166 valence electrons. The van der Waals surface area contributed by atoms with Crippen LogP contribution in [-0.2, 0) is 11.3 Å². The Morgan fingerprint density at radius 2 is 1.88 bits per heavy atom. The molecule has 6 nitrogen and oxygen atoms in total. The van der Waals surface area contributed by atoms with E-state index in [-0.39, 0.29) is 11.6 Å². The van der Waals surface area contributed by atoms with Crippen molar-refractivity contribution in [2.45, 2.75) is 45.1 Å². The van der Waals surface area contributed by atoms with Gasteiger partial charge in [0.05, 0.1) is 6.61 Å². The van der Waals surface area contributed by atoms with Crippen molar-refractivity contribution in [3.8, 4) is 16.9 Å². The highest BCUT2D eigenvalue weighted by Crippen LogP contribution is 2.41. The molecule has 0 saturated carbocycles. The molecule has 32 heavy (non-hydrogen) atoms. The highest BCUT2D eigenvalue weighted by molar-refractivity contribution is 5.87. The lowest BCUT2D eigenvalue weighted by atomic mass is 9.82. The number of urea groups is 1. The van der Waals surface area contributed by atoms with Crippen LogP contribution in [0.15, 0.2) is 48.7 Å². The average Bonchev–Trinajstić information content (AvgIpc) is 2.82. The summed E-state index contributed by atoms with van der Waals surface area (Å²) in [6.07, 6.45) is 5.58. The van der Waals surface area contributed by atoms with Crippen LogP contribution < -0.4 is 10.2 Å². The second-order valence-electron chi connectivity index (χ2n) is 8.82. The molecular weight excluding hydrogens is 402 g/mol. The number of amides is 2. The van der Waals surface area contributed by atoms with E-state index >= 15 is 0 Å². The van der Waals surface area contributed by atoms with Gasteiger partial charge in [-0.25, -0.2) is 10.3 Å². The third kappa shape index (κ3) is 4.02. The molecule has 1 fully saturated rings. The number of nitrogens with one attached hydrogen (secondary N) is 1. The standard InChI is InChI=1S/C26H29N3O3/c1-3-31-28-25(30)29-12-10-26(11-13-29)9-8-21-15-20(6-7-24(21)32-26)19-4-5-22-17-27-18(2)14-23(22)16-19/h4-7,14-17H,3,8-13H2,1-2H3,(H,28,30). The molecule has 1 saturated heterocycles. The number of carbonyl (C=O) groups excluding carboxylic acids is 1. The Morgan fingerprint density at radius 3 is 2.69 bits per heavy atom. The topological polar surface area (TPSA) is 63.7 Å². The molecule has 0 aliphatic carbocycles. The van der Waals surface area contributed by atoms with Crippen LogP contribution in [0.4, 0.5) is 4.79 Å². The number of pyridine rings is 1. The molecule has 2 amide bonds. The Kier molecular flexibility index (Phi) is 5.47. The van der Waals surface area contributed by atoms with Crippen molar-refractivity contribution in [3.05, 3.63) is 59.9 Å². The number of carbonyl (C=O) groups is 1. The zero-order chi connectivity index (χ0) is 22.1. The second-order valence-corrected chi connectivity index (χ2v) is 8.82. The van der Waals surface area contributed by atoms with Crippen molar-refractivity contribution >= 4 is 16.8 Å². The molecule has 0 radical (unpaired) electrons. The molecule has 5 rings (SSSR count). The van der Waals surface area contributed by atoms with Crippen molar-refractivity contribution in [3.63, 3.8) is 0 Å². The predicted molar refractivity (Wildman–Crippen MR) is 125 cm³/mol. The number of benzene rings is 2. The number of aryl methyl sites for hydroxylation is 2. The van der Waals surface area contributed by atoms with Gasteiger partial charge in [0.2, 0.25) is 0 Å². The lowest BCUT2D eigenvalue weighted by Gasteiger charge is -2.44. The first-order valence-electron chi connectivity index (χ1n) is 11.4. The summed E-state index contributed by atoms with van der Waals surface area (Å²) in [6, 6.07) is 15.0. The maximum atomic E-state index is 12.1. The van der Waals surface area contributed by atoms with Crippen molar-refractivity contribution in [1.29, 1.82) is 0 Å². The van der Waals surface area contributed by atoms with E-state index in [1.54, 1.807) is 4.90 Å². The summed E-state index contributed by atoms with van der Waals surface area (Å²) in [5.74, 6) is 0.980. The van der Waals surface area contributed by atoms with Crippen LogP contribution in [0.5, 0.6) is 5.75 Å². The van der Waals surface area contributed by atoms with E-state index in [4.69, 9.17) is 9.57 Å². The van der Waals surface area contributed by atoms with Gasteiger partial charge in [-0.3, -0.25) is 9.82 Å². The maximum Gasteiger partial charge on any atom is 0.341 e. The fourth-order valence-corrected chi connectivity index (χ4v) is 4.80. The van der Waals surface area contributed by atoms with Crippen LogP contribution in [0.2, 0.25) is 0 Å². The van der Waals surface area contributed by atoms with E-state index in [1.165, 1.54) is 22.1 Å². The summed E-state index contributed by atoms with van der Waals surface area (Å²) in [7, 11) is 0. The lowest BCUT2D eigenvalue weighted by molar-refractivity contribution is -0.0131. The van der Waals surface area contributed by atoms with E-state index in [0.717, 1.165) is 42.5 Å². The highest BCUT2D eigenvalue weighted by Gasteiger charge is 2.40. The Balaban J connectivity index is 1.31. The van der Waals surface area contributed by atoms with E-state index in [0.29, 0.717) is 19.7 Å². The molecular formula is C26H29N3O3. The van der Waals surface area contributed by atoms with Gasteiger partial charge in [-0.05, 0) is 73.0 Å². The second kappa shape index (κ2) is 8.43. The third-order valence-electron chi connectivity index (χ3n) is 6.69. The Labute approximate surface area is 188 Å². The number of rotatable bonds is 3. The largest absolute Gasteiger partial charge is 0.487 e. The van der Waals surface area contributed by atoms with Crippen LogP contribution in [0.3, 0.4) is 0 Å². The van der Waals surface area contributed by atoms with Gasteiger partial charge in [-0.15, -0.1) is 0 Å². The molecule has 1 N–H and O–H groups in total. The van der Waals surface area contributed by atoms with Gasteiger partial charge in [0.25, 0.3) is 0 Å². The van der Waals surface area contributed by atoms with Gasteiger partial charge in [0.1, 0.15) is 11.4 Å². The zero-order valence-electron chi connectivity index (χ0n) is 18.7. The van der Waals surface area contributed by atoms with Crippen molar-refractivity contribution in [2.24, 2.45) is 0 Å². The first-order valence-corrected chi connectivity index (χ1v) is 11.4. The fourth-order valence-electron chi connectivity index (χ4n) is 4.80. The lowest BCUT2D eigenvalue weighted by Crippen LogP contribution is -2.53. The minimum absolute atomic E-state index is 0.163. The van der Waals surface area contributed by atoms with Crippen LogP contribution in [-0.4, -0.2) is 41.2 Å². The summed E-state index contributed by atoms with van der Waals surface area (Å²) < 4.78 is 6.55. The first kappa shape index (κ1) is 20.8. The average molecular weight is 432 g/mol. The number of ether oxygens (including phenoxy) is 1. The zero-order valence-corrected chi connectivity index (χ0v) is 18.7. The number of fused-ring (bicyclic) bond motifs is 2. The van der Waals surface area contributed by atoms with E-state index < -0.39 is 0 Å². The minimum Gasteiger partial charge on any atom is -0.487 e. The SMILES string of the molecule is CCONC(=O)N1CCC2(CCc3cc(-c4ccc5cnc(C)cc5c4)ccc3O2)CC1. The number of nitrogens with zero attached hydrogens (tertiary/aromatic N) is 2. The van der Waals surface area contributed by atoms with E-state index in [2.05, 4.69) is 52.9 Å². The molecule has 3 aromatic rings. The predicted octanol–water partition coefficient (Wildman–Crippen LogP) is 5.03. The van der Waals surface area contributed by atoms with Gasteiger partial charge in [0.15, 0.2) is 0 Å². The van der Waals surface area contributed by atoms with Crippen LogP contribution in [0, 0.1) is 6.92 Å². The van der Waals surface area contributed by atoms with Crippen molar-refractivity contribution in [1.82, 2.24) is 15.4 Å². The van der Waals surface area contributed by atoms with Gasteiger partial charge >= 0.3 is 6.03 Å². The summed E-state index contributed by atoms with van der Waals surface area (Å²) in [6.45, 7) is 5.69. The molecule has 1 spiro atoms. The fraction of sp³-hybridized carbons (Fsp3) is 0.385. The van der Waals surface area contributed by atoms with Crippen LogP contribution in [0.25, 0.3) is 21.9 Å².